The number of alkyl halides is 3. The summed E-state index contributed by atoms with van der Waals surface area (Å²) in [6.45, 7) is 9.62. The lowest BCUT2D eigenvalue weighted by atomic mass is 10.1. The molecular weight excluding hydrogens is 786 g/mol. The molecule has 17 heteroatoms. The van der Waals surface area contributed by atoms with Gasteiger partial charge in [-0.1, -0.05) is 24.3 Å². The maximum absolute atomic E-state index is 12.7. The molecule has 0 saturated carbocycles. The summed E-state index contributed by atoms with van der Waals surface area (Å²) in [7, 11) is 3.39. The van der Waals surface area contributed by atoms with Crippen LogP contribution in [0.5, 0.6) is 11.5 Å². The Morgan fingerprint density at radius 2 is 1.12 bits per heavy atom. The van der Waals surface area contributed by atoms with E-state index in [1.54, 1.807) is 26.6 Å². The standard InChI is InChI=1S/C21H22F3N5OS.C20H23N5OS/c1-30-17-4-2-3-15(13-17)7-8-28-9-11-29(12-10-28)20-26-19(27-31-20)16-5-6-18(25-14-16)21(22,23)24;1-26-18-4-2-3-16(15-18)7-10-24-11-13-25(14-12-24)20-22-19(23-27-20)17-5-8-21-9-6-17/h2-6,13-14H,7-12H2,1H3;2-6,8-9,15H,7,10-14H2,1H3. The molecule has 0 spiro atoms. The number of hydrogen-bond donors (Lipinski definition) is 0. The monoisotopic (exact) mass is 830 g/mol. The molecule has 2 aliphatic heterocycles. The van der Waals surface area contributed by atoms with Crippen LogP contribution in [0.25, 0.3) is 22.8 Å². The number of nitrogens with zero attached hydrogens (tertiary/aromatic N) is 10. The van der Waals surface area contributed by atoms with Crippen LogP contribution in [0.1, 0.15) is 16.8 Å². The molecule has 0 unspecified atom stereocenters. The molecule has 6 heterocycles. The summed E-state index contributed by atoms with van der Waals surface area (Å²) in [5, 5.41) is 1.79. The number of piperazine rings is 2. The van der Waals surface area contributed by atoms with Crippen molar-refractivity contribution in [2.75, 3.05) is 89.5 Å². The Balaban J connectivity index is 0.000000178. The predicted molar refractivity (Wildman–Crippen MR) is 222 cm³/mol. The van der Waals surface area contributed by atoms with Gasteiger partial charge in [0.15, 0.2) is 11.6 Å². The average Bonchev–Trinajstić information content (AvgIpc) is 3.98. The lowest BCUT2D eigenvalue weighted by molar-refractivity contribution is -0.141. The summed E-state index contributed by atoms with van der Waals surface area (Å²) in [5.41, 5.74) is 3.15. The number of ether oxygens (including phenoxy) is 2. The first-order valence-corrected chi connectivity index (χ1v) is 20.6. The van der Waals surface area contributed by atoms with Crippen LogP contribution in [0.3, 0.4) is 0 Å². The first-order chi connectivity index (χ1) is 28.2. The molecule has 0 radical (unpaired) electrons. The van der Waals surface area contributed by atoms with Crippen molar-refractivity contribution in [1.29, 1.82) is 0 Å². The van der Waals surface area contributed by atoms with Crippen molar-refractivity contribution < 1.29 is 22.6 Å². The van der Waals surface area contributed by atoms with E-state index in [0.29, 0.717) is 11.4 Å². The van der Waals surface area contributed by atoms with Crippen LogP contribution in [0.4, 0.5) is 23.4 Å². The smallest absolute Gasteiger partial charge is 0.433 e. The Kier molecular flexibility index (Phi) is 13.8. The molecule has 0 bridgehead atoms. The fourth-order valence-electron chi connectivity index (χ4n) is 6.67. The quantitative estimate of drug-likeness (QED) is 0.127. The molecular formula is C41H45F3N10O2S2. The van der Waals surface area contributed by atoms with E-state index in [1.807, 2.05) is 30.3 Å². The molecule has 4 aromatic heterocycles. The highest BCUT2D eigenvalue weighted by Crippen LogP contribution is 2.30. The van der Waals surface area contributed by atoms with Crippen LogP contribution in [0.2, 0.25) is 0 Å². The number of hydrogen-bond acceptors (Lipinski definition) is 14. The van der Waals surface area contributed by atoms with Crippen LogP contribution in [0.15, 0.2) is 91.4 Å². The van der Waals surface area contributed by atoms with Gasteiger partial charge in [0.05, 0.1) is 14.2 Å². The van der Waals surface area contributed by atoms with Crippen LogP contribution in [-0.2, 0) is 19.0 Å². The zero-order valence-electron chi connectivity index (χ0n) is 32.4. The van der Waals surface area contributed by atoms with Crippen molar-refractivity contribution in [1.82, 2.24) is 38.5 Å². The number of benzene rings is 2. The highest BCUT2D eigenvalue weighted by molar-refractivity contribution is 7.10. The maximum atomic E-state index is 12.7. The molecule has 2 aliphatic rings. The Labute approximate surface area is 344 Å². The molecule has 2 fully saturated rings. The van der Waals surface area contributed by atoms with Crippen LogP contribution >= 0.6 is 23.1 Å². The van der Waals surface area contributed by atoms with Gasteiger partial charge in [-0.25, -0.2) is 0 Å². The topological polar surface area (TPSA) is 109 Å². The minimum absolute atomic E-state index is 0.404. The van der Waals surface area contributed by atoms with Crippen LogP contribution in [-0.4, -0.2) is 118 Å². The van der Waals surface area contributed by atoms with E-state index in [4.69, 9.17) is 14.5 Å². The molecule has 6 aromatic rings. The van der Waals surface area contributed by atoms with E-state index < -0.39 is 11.9 Å². The first kappa shape index (κ1) is 40.9. The molecule has 0 aliphatic carbocycles. The molecule has 0 amide bonds. The fourth-order valence-corrected chi connectivity index (χ4v) is 8.15. The Hall–Kier alpha value is -5.23. The van der Waals surface area contributed by atoms with Gasteiger partial charge in [-0.3, -0.25) is 19.8 Å². The van der Waals surface area contributed by atoms with Gasteiger partial charge in [0, 0.05) is 118 Å². The van der Waals surface area contributed by atoms with Crippen molar-refractivity contribution in [2.45, 2.75) is 19.0 Å². The van der Waals surface area contributed by atoms with Gasteiger partial charge in [0.1, 0.15) is 17.2 Å². The minimum Gasteiger partial charge on any atom is -0.497 e. The average molecular weight is 831 g/mol. The van der Waals surface area contributed by atoms with E-state index in [9.17, 15) is 13.2 Å². The Bertz CT molecular complexity index is 2170. The van der Waals surface area contributed by atoms with Crippen molar-refractivity contribution in [3.63, 3.8) is 0 Å². The molecule has 0 N–H and O–H groups in total. The van der Waals surface area contributed by atoms with Gasteiger partial charge in [-0.2, -0.15) is 31.9 Å². The highest BCUT2D eigenvalue weighted by atomic mass is 32.1. The highest BCUT2D eigenvalue weighted by Gasteiger charge is 2.32. The van der Waals surface area contributed by atoms with Gasteiger partial charge >= 0.3 is 6.18 Å². The van der Waals surface area contributed by atoms with Gasteiger partial charge in [0.25, 0.3) is 0 Å². The van der Waals surface area contributed by atoms with Crippen molar-refractivity contribution >= 4 is 33.3 Å². The first-order valence-electron chi connectivity index (χ1n) is 19.1. The number of methoxy groups -OCH3 is 2. The molecule has 304 valence electrons. The predicted octanol–water partition coefficient (Wildman–Crippen LogP) is 6.97. The summed E-state index contributed by atoms with van der Waals surface area (Å²) in [4.78, 5) is 26.2. The second-order valence-corrected chi connectivity index (χ2v) is 15.3. The number of anilines is 2. The van der Waals surface area contributed by atoms with E-state index in [2.05, 4.69) is 73.6 Å². The second-order valence-electron chi connectivity index (χ2n) is 13.8. The van der Waals surface area contributed by atoms with E-state index >= 15 is 0 Å². The third-order valence-corrected chi connectivity index (χ3v) is 11.6. The summed E-state index contributed by atoms with van der Waals surface area (Å²) in [6, 6.07) is 22.7. The molecule has 2 aromatic carbocycles. The second kappa shape index (κ2) is 19.5. The van der Waals surface area contributed by atoms with Crippen molar-refractivity contribution in [3.8, 4) is 34.3 Å². The molecule has 0 atom stereocenters. The number of pyridine rings is 2. The van der Waals surface area contributed by atoms with E-state index in [1.165, 1.54) is 46.5 Å². The van der Waals surface area contributed by atoms with Gasteiger partial charge in [-0.05, 0) is 72.5 Å². The van der Waals surface area contributed by atoms with Crippen LogP contribution in [0, 0.1) is 0 Å². The van der Waals surface area contributed by atoms with Crippen LogP contribution < -0.4 is 19.3 Å². The Morgan fingerprint density at radius 3 is 1.57 bits per heavy atom. The molecule has 2 saturated heterocycles. The lowest BCUT2D eigenvalue weighted by Gasteiger charge is -2.34. The SMILES string of the molecule is COc1cccc(CCN2CCN(c3nc(-c4ccc(C(F)(F)F)nc4)ns3)CC2)c1.COc1cccc(CCN2CCN(c3nc(-c4ccncc4)ns3)CC2)c1. The molecule has 12 nitrogen and oxygen atoms in total. The molecule has 8 rings (SSSR count). The van der Waals surface area contributed by atoms with Gasteiger partial charge < -0.3 is 19.3 Å². The Morgan fingerprint density at radius 1 is 0.621 bits per heavy atom. The number of halogens is 3. The molecule has 58 heavy (non-hydrogen) atoms. The lowest BCUT2D eigenvalue weighted by Crippen LogP contribution is -2.47. The van der Waals surface area contributed by atoms with E-state index in [-0.39, 0.29) is 0 Å². The maximum Gasteiger partial charge on any atom is 0.433 e. The minimum atomic E-state index is -4.45. The summed E-state index contributed by atoms with van der Waals surface area (Å²) >= 11 is 2.74. The third-order valence-electron chi connectivity index (χ3n) is 10.1. The number of rotatable bonds is 12. The largest absolute Gasteiger partial charge is 0.497 e. The van der Waals surface area contributed by atoms with Crippen molar-refractivity contribution in [2.24, 2.45) is 0 Å². The summed E-state index contributed by atoms with van der Waals surface area (Å²) < 4.78 is 57.4. The zero-order chi connectivity index (χ0) is 40.3. The fraction of sp³-hybridized carbons (Fsp3) is 0.366. The third kappa shape index (κ3) is 11.0. The zero-order valence-corrected chi connectivity index (χ0v) is 34.0. The summed E-state index contributed by atoms with van der Waals surface area (Å²) in [5.74, 6) is 3.00. The number of aromatic nitrogens is 6. The summed E-state index contributed by atoms with van der Waals surface area (Å²) in [6.07, 6.45) is 2.27. The van der Waals surface area contributed by atoms with E-state index in [0.717, 1.165) is 118 Å². The van der Waals surface area contributed by atoms with Gasteiger partial charge in [-0.15, -0.1) is 0 Å². The normalized spacial score (nSPS) is 15.2. The van der Waals surface area contributed by atoms with Crippen molar-refractivity contribution in [3.05, 3.63) is 108 Å². The van der Waals surface area contributed by atoms with Gasteiger partial charge in [0.2, 0.25) is 10.3 Å².